The fourth-order valence-corrected chi connectivity index (χ4v) is 2.50. The number of nitriles is 1. The van der Waals surface area contributed by atoms with Crippen LogP contribution < -0.4 is 5.32 Å². The minimum absolute atomic E-state index is 0.323. The summed E-state index contributed by atoms with van der Waals surface area (Å²) in [6.45, 7) is 7.80. The van der Waals surface area contributed by atoms with Crippen LogP contribution in [0.25, 0.3) is 0 Å². The molecule has 2 rings (SSSR count). The molecule has 1 unspecified atom stereocenters. The molecular formula is C15H27N3. The zero-order valence-corrected chi connectivity index (χ0v) is 11.9. The van der Waals surface area contributed by atoms with Crippen LogP contribution in [0.5, 0.6) is 0 Å². The molecule has 0 aromatic carbocycles. The molecule has 0 saturated heterocycles. The van der Waals surface area contributed by atoms with Crippen LogP contribution in [0.15, 0.2) is 0 Å². The highest BCUT2D eigenvalue weighted by atomic mass is 15.1. The average Bonchev–Trinajstić information content (AvgIpc) is 3.22. The molecule has 0 aromatic heterocycles. The lowest BCUT2D eigenvalue weighted by atomic mass is 9.99. The first-order valence-corrected chi connectivity index (χ1v) is 7.56. The van der Waals surface area contributed by atoms with Crippen molar-refractivity contribution < 1.29 is 0 Å². The van der Waals surface area contributed by atoms with Crippen LogP contribution >= 0.6 is 0 Å². The van der Waals surface area contributed by atoms with E-state index in [0.717, 1.165) is 18.9 Å². The lowest BCUT2D eigenvalue weighted by Gasteiger charge is -2.28. The Morgan fingerprint density at radius 2 is 2.00 bits per heavy atom. The Morgan fingerprint density at radius 1 is 1.28 bits per heavy atom. The van der Waals surface area contributed by atoms with E-state index >= 15 is 0 Å². The van der Waals surface area contributed by atoms with Gasteiger partial charge in [-0.3, -0.25) is 5.32 Å². The van der Waals surface area contributed by atoms with E-state index in [2.05, 4.69) is 30.1 Å². The van der Waals surface area contributed by atoms with Gasteiger partial charge in [-0.05, 0) is 57.9 Å². The maximum Gasteiger partial charge on any atom is 0.105 e. The lowest BCUT2D eigenvalue weighted by Crippen LogP contribution is -2.45. The van der Waals surface area contributed by atoms with Crippen LogP contribution in [0.3, 0.4) is 0 Å². The number of hydrogen-bond donors (Lipinski definition) is 1. The van der Waals surface area contributed by atoms with E-state index in [0.29, 0.717) is 6.04 Å². The second-order valence-electron chi connectivity index (χ2n) is 6.36. The molecule has 2 aliphatic carbocycles. The molecule has 3 nitrogen and oxygen atoms in total. The molecule has 0 amide bonds. The largest absolute Gasteiger partial charge is 0.303 e. The third-order valence-electron chi connectivity index (χ3n) is 4.03. The molecule has 18 heavy (non-hydrogen) atoms. The van der Waals surface area contributed by atoms with Gasteiger partial charge in [0.1, 0.15) is 5.54 Å². The Labute approximate surface area is 112 Å². The molecule has 0 bridgehead atoms. The predicted octanol–water partition coefficient (Wildman–Crippen LogP) is 2.53. The summed E-state index contributed by atoms with van der Waals surface area (Å²) in [5.74, 6) is 0.946. The fraction of sp³-hybridized carbons (Fsp3) is 0.933. The zero-order valence-electron chi connectivity index (χ0n) is 11.9. The highest BCUT2D eigenvalue weighted by Gasteiger charge is 2.33. The average molecular weight is 249 g/mol. The van der Waals surface area contributed by atoms with Gasteiger partial charge in [-0.15, -0.1) is 0 Å². The number of nitrogens with one attached hydrogen (secondary N) is 1. The third kappa shape index (κ3) is 4.59. The maximum atomic E-state index is 9.37. The Bertz CT molecular complexity index is 301. The standard InChI is InChI=1S/C15H27N3/c1-3-9-18(11-13-4-5-13)10-8-15(2,12-16)17-14-6-7-14/h13-14,17H,3-11H2,1-2H3. The SMILES string of the molecule is CCCN(CCC(C)(C#N)NC1CC1)CC1CC1. The first-order chi connectivity index (χ1) is 8.65. The molecular weight excluding hydrogens is 222 g/mol. The number of rotatable bonds is 9. The summed E-state index contributed by atoms with van der Waals surface area (Å²) in [4.78, 5) is 2.56. The molecule has 1 atom stereocenters. The highest BCUT2D eigenvalue weighted by molar-refractivity contribution is 5.07. The van der Waals surface area contributed by atoms with Crippen LogP contribution in [-0.4, -0.2) is 36.1 Å². The van der Waals surface area contributed by atoms with Crippen LogP contribution in [-0.2, 0) is 0 Å². The zero-order chi connectivity index (χ0) is 13.0. The van der Waals surface area contributed by atoms with Crippen molar-refractivity contribution >= 4 is 0 Å². The van der Waals surface area contributed by atoms with E-state index in [1.807, 2.05) is 0 Å². The smallest absolute Gasteiger partial charge is 0.105 e. The normalized spacial score (nSPS) is 22.8. The minimum atomic E-state index is -0.323. The topological polar surface area (TPSA) is 39.1 Å². The number of hydrogen-bond acceptors (Lipinski definition) is 3. The Kier molecular flexibility index (Phi) is 4.64. The van der Waals surface area contributed by atoms with Crippen molar-refractivity contribution in [2.75, 3.05) is 19.6 Å². The molecule has 2 fully saturated rings. The van der Waals surface area contributed by atoms with E-state index in [1.165, 1.54) is 45.2 Å². The maximum absolute atomic E-state index is 9.37. The monoisotopic (exact) mass is 249 g/mol. The molecule has 3 heteroatoms. The van der Waals surface area contributed by atoms with Gasteiger partial charge < -0.3 is 4.90 Å². The summed E-state index contributed by atoms with van der Waals surface area (Å²) in [7, 11) is 0. The van der Waals surface area contributed by atoms with Gasteiger partial charge in [0.25, 0.3) is 0 Å². The predicted molar refractivity (Wildman–Crippen MR) is 74.2 cm³/mol. The third-order valence-corrected chi connectivity index (χ3v) is 4.03. The van der Waals surface area contributed by atoms with E-state index in [1.54, 1.807) is 0 Å². The van der Waals surface area contributed by atoms with Gasteiger partial charge in [-0.25, -0.2) is 0 Å². The summed E-state index contributed by atoms with van der Waals surface area (Å²) in [5.41, 5.74) is -0.323. The van der Waals surface area contributed by atoms with Gasteiger partial charge in [0.2, 0.25) is 0 Å². The summed E-state index contributed by atoms with van der Waals surface area (Å²) >= 11 is 0. The molecule has 0 aliphatic heterocycles. The molecule has 0 aromatic rings. The van der Waals surface area contributed by atoms with Crippen molar-refractivity contribution in [2.24, 2.45) is 5.92 Å². The van der Waals surface area contributed by atoms with E-state index in [9.17, 15) is 5.26 Å². The summed E-state index contributed by atoms with van der Waals surface area (Å²) in [6, 6.07) is 3.09. The van der Waals surface area contributed by atoms with Crippen molar-refractivity contribution in [2.45, 2.75) is 64.0 Å². The highest BCUT2D eigenvalue weighted by Crippen LogP contribution is 2.30. The Morgan fingerprint density at radius 3 is 2.50 bits per heavy atom. The Hall–Kier alpha value is -0.590. The van der Waals surface area contributed by atoms with Crippen LogP contribution in [0.1, 0.15) is 52.4 Å². The second-order valence-corrected chi connectivity index (χ2v) is 6.36. The van der Waals surface area contributed by atoms with Gasteiger partial charge in [0.05, 0.1) is 6.07 Å². The van der Waals surface area contributed by atoms with Crippen LogP contribution in [0, 0.1) is 17.2 Å². The quantitative estimate of drug-likeness (QED) is 0.682. The summed E-state index contributed by atoms with van der Waals surface area (Å²) in [6.07, 6.45) is 7.49. The minimum Gasteiger partial charge on any atom is -0.303 e. The van der Waals surface area contributed by atoms with Crippen molar-refractivity contribution in [1.29, 1.82) is 5.26 Å². The Balaban J connectivity index is 1.76. The van der Waals surface area contributed by atoms with E-state index in [4.69, 9.17) is 0 Å². The first-order valence-electron chi connectivity index (χ1n) is 7.56. The van der Waals surface area contributed by atoms with Gasteiger partial charge >= 0.3 is 0 Å². The molecule has 1 N–H and O–H groups in total. The molecule has 2 aliphatic rings. The summed E-state index contributed by atoms with van der Waals surface area (Å²) in [5, 5.41) is 12.9. The van der Waals surface area contributed by atoms with Crippen molar-refractivity contribution in [3.05, 3.63) is 0 Å². The van der Waals surface area contributed by atoms with E-state index < -0.39 is 0 Å². The van der Waals surface area contributed by atoms with Crippen molar-refractivity contribution in [3.63, 3.8) is 0 Å². The van der Waals surface area contributed by atoms with Crippen molar-refractivity contribution in [1.82, 2.24) is 10.2 Å². The molecule has 0 heterocycles. The lowest BCUT2D eigenvalue weighted by molar-refractivity contribution is 0.235. The fourth-order valence-electron chi connectivity index (χ4n) is 2.50. The molecule has 2 saturated carbocycles. The van der Waals surface area contributed by atoms with Crippen LogP contribution in [0.2, 0.25) is 0 Å². The van der Waals surface area contributed by atoms with E-state index in [-0.39, 0.29) is 5.54 Å². The molecule has 0 spiro atoms. The van der Waals surface area contributed by atoms with Crippen LogP contribution in [0.4, 0.5) is 0 Å². The van der Waals surface area contributed by atoms with Gasteiger partial charge in [0.15, 0.2) is 0 Å². The molecule has 0 radical (unpaired) electrons. The summed E-state index contributed by atoms with van der Waals surface area (Å²) < 4.78 is 0. The van der Waals surface area contributed by atoms with Crippen molar-refractivity contribution in [3.8, 4) is 6.07 Å². The van der Waals surface area contributed by atoms with Gasteiger partial charge in [-0.2, -0.15) is 5.26 Å². The first kappa shape index (κ1) is 13.8. The van der Waals surface area contributed by atoms with Gasteiger partial charge in [0, 0.05) is 19.1 Å². The molecule has 102 valence electrons. The number of nitrogens with zero attached hydrogens (tertiary/aromatic N) is 2. The van der Waals surface area contributed by atoms with Gasteiger partial charge in [-0.1, -0.05) is 6.92 Å². The second kappa shape index (κ2) is 6.04.